The van der Waals surface area contributed by atoms with E-state index in [0.717, 1.165) is 12.3 Å². The van der Waals surface area contributed by atoms with E-state index in [-0.39, 0.29) is 12.1 Å². The summed E-state index contributed by atoms with van der Waals surface area (Å²) in [7, 11) is 2.12. The number of hydrogen-bond donors (Lipinski definition) is 1. The van der Waals surface area contributed by atoms with Gasteiger partial charge in [-0.3, -0.25) is 4.90 Å². The zero-order chi connectivity index (χ0) is 15.2. The van der Waals surface area contributed by atoms with E-state index in [1.165, 1.54) is 10.4 Å². The fraction of sp³-hybridized carbons (Fsp3) is 0.412. The fourth-order valence-corrected chi connectivity index (χ4v) is 3.16. The summed E-state index contributed by atoms with van der Waals surface area (Å²) in [6, 6.07) is 12.7. The molecule has 1 aromatic carbocycles. The van der Waals surface area contributed by atoms with Gasteiger partial charge in [-0.2, -0.15) is 0 Å². The normalized spacial score (nSPS) is 12.9. The van der Waals surface area contributed by atoms with Gasteiger partial charge >= 0.3 is 0 Å². The predicted molar refractivity (Wildman–Crippen MR) is 89.8 cm³/mol. The van der Waals surface area contributed by atoms with Crippen LogP contribution in [0.4, 0.5) is 0 Å². The van der Waals surface area contributed by atoms with E-state index >= 15 is 0 Å². The van der Waals surface area contributed by atoms with Gasteiger partial charge in [0, 0.05) is 24.0 Å². The second-order valence-corrected chi connectivity index (χ2v) is 6.52. The maximum Gasteiger partial charge on any atom is 0.120 e. The zero-order valence-corrected chi connectivity index (χ0v) is 13.8. The molecule has 0 amide bonds. The molecule has 1 unspecified atom stereocenters. The molecule has 4 heteroatoms. The van der Waals surface area contributed by atoms with E-state index < -0.39 is 0 Å². The van der Waals surface area contributed by atoms with Crippen molar-refractivity contribution < 1.29 is 4.74 Å². The van der Waals surface area contributed by atoms with Crippen molar-refractivity contribution in [1.29, 1.82) is 0 Å². The van der Waals surface area contributed by atoms with Crippen LogP contribution in [0.5, 0.6) is 5.75 Å². The summed E-state index contributed by atoms with van der Waals surface area (Å²) in [6.07, 6.45) is 0.181. The topological polar surface area (TPSA) is 38.5 Å². The van der Waals surface area contributed by atoms with Crippen molar-refractivity contribution in [1.82, 2.24) is 4.90 Å². The van der Waals surface area contributed by atoms with Crippen LogP contribution in [0.3, 0.4) is 0 Å². The van der Waals surface area contributed by atoms with E-state index in [9.17, 15) is 0 Å². The van der Waals surface area contributed by atoms with E-state index in [4.69, 9.17) is 10.5 Å². The number of hydrogen-bond acceptors (Lipinski definition) is 4. The number of rotatable bonds is 7. The lowest BCUT2D eigenvalue weighted by Crippen LogP contribution is -2.30. The van der Waals surface area contributed by atoms with Gasteiger partial charge in [-0.25, -0.2) is 0 Å². The molecule has 21 heavy (non-hydrogen) atoms. The Morgan fingerprint density at radius 3 is 2.67 bits per heavy atom. The van der Waals surface area contributed by atoms with Crippen LogP contribution in [0.25, 0.3) is 0 Å². The molecule has 0 aliphatic carbocycles. The van der Waals surface area contributed by atoms with Crippen molar-refractivity contribution in [3.05, 3.63) is 52.2 Å². The molecule has 0 bridgehead atoms. The molecule has 1 atom stereocenters. The molecule has 0 saturated heterocycles. The molecule has 2 N–H and O–H groups in total. The number of likely N-dealkylation sites (N-methyl/N-ethyl adjacent to an activating group) is 1. The Morgan fingerprint density at radius 2 is 2.05 bits per heavy atom. The van der Waals surface area contributed by atoms with Gasteiger partial charge < -0.3 is 10.5 Å². The van der Waals surface area contributed by atoms with Gasteiger partial charge in [0.1, 0.15) is 5.75 Å². The minimum Gasteiger partial charge on any atom is -0.491 e. The summed E-state index contributed by atoms with van der Waals surface area (Å²) in [5.74, 6) is 0.908. The van der Waals surface area contributed by atoms with Gasteiger partial charge in [-0.15, -0.1) is 11.3 Å². The van der Waals surface area contributed by atoms with Gasteiger partial charge in [0.25, 0.3) is 0 Å². The number of thiophene rings is 1. The highest BCUT2D eigenvalue weighted by Gasteiger charge is 2.16. The first-order valence-corrected chi connectivity index (χ1v) is 8.17. The molecule has 0 fully saturated rings. The molecule has 1 aromatic heterocycles. The Morgan fingerprint density at radius 1 is 1.24 bits per heavy atom. The van der Waals surface area contributed by atoms with E-state index in [1.54, 1.807) is 11.3 Å². The number of nitrogens with two attached hydrogens (primary N) is 1. The lowest BCUT2D eigenvalue weighted by molar-refractivity contribution is 0.234. The first-order valence-electron chi connectivity index (χ1n) is 7.29. The van der Waals surface area contributed by atoms with Gasteiger partial charge in [0.05, 0.1) is 6.10 Å². The minimum atomic E-state index is 0.181. The third kappa shape index (κ3) is 4.56. The highest BCUT2D eigenvalue weighted by atomic mass is 32.1. The molecular weight excluding hydrogens is 280 g/mol. The first-order chi connectivity index (χ1) is 10.1. The largest absolute Gasteiger partial charge is 0.491 e. The smallest absolute Gasteiger partial charge is 0.120 e. The van der Waals surface area contributed by atoms with Gasteiger partial charge in [-0.05, 0) is 50.0 Å². The second kappa shape index (κ2) is 7.59. The minimum absolute atomic E-state index is 0.181. The van der Waals surface area contributed by atoms with Crippen LogP contribution in [-0.4, -0.2) is 24.6 Å². The Hall–Kier alpha value is -1.36. The Labute approximate surface area is 131 Å². The molecule has 0 aliphatic rings. The third-order valence-corrected chi connectivity index (χ3v) is 4.22. The average Bonchev–Trinajstić information content (AvgIpc) is 2.92. The third-order valence-electron chi connectivity index (χ3n) is 3.36. The van der Waals surface area contributed by atoms with Crippen LogP contribution in [-0.2, 0) is 6.54 Å². The van der Waals surface area contributed by atoms with Crippen LogP contribution < -0.4 is 10.5 Å². The molecule has 0 aliphatic heterocycles. The summed E-state index contributed by atoms with van der Waals surface area (Å²) in [4.78, 5) is 3.64. The van der Waals surface area contributed by atoms with Crippen molar-refractivity contribution >= 4 is 11.3 Å². The van der Waals surface area contributed by atoms with Crippen molar-refractivity contribution in [2.75, 3.05) is 13.6 Å². The summed E-state index contributed by atoms with van der Waals surface area (Å²) in [6.45, 7) is 5.58. The number of nitrogens with zero attached hydrogens (tertiary/aromatic N) is 1. The molecule has 3 nitrogen and oxygen atoms in total. The van der Waals surface area contributed by atoms with Crippen LogP contribution in [0.15, 0.2) is 41.8 Å². The number of benzene rings is 1. The average molecular weight is 304 g/mol. The predicted octanol–water partition coefficient (Wildman–Crippen LogP) is 3.67. The maximum absolute atomic E-state index is 6.01. The van der Waals surface area contributed by atoms with E-state index in [0.29, 0.717) is 6.54 Å². The van der Waals surface area contributed by atoms with Crippen molar-refractivity contribution in [2.24, 2.45) is 5.73 Å². The standard InChI is InChI=1S/C17H24N2OS/c1-13(2)20-15-7-4-6-14(10-15)17(11-18)19(3)12-16-8-5-9-21-16/h4-10,13,17H,11-12,18H2,1-3H3. The second-order valence-electron chi connectivity index (χ2n) is 5.49. The van der Waals surface area contributed by atoms with Gasteiger partial charge in [-0.1, -0.05) is 18.2 Å². The molecule has 0 spiro atoms. The zero-order valence-electron chi connectivity index (χ0n) is 13.0. The van der Waals surface area contributed by atoms with Gasteiger partial charge in [0.2, 0.25) is 0 Å². The van der Waals surface area contributed by atoms with Crippen molar-refractivity contribution in [3.63, 3.8) is 0 Å². The Kier molecular flexibility index (Phi) is 5.79. The molecule has 0 saturated carbocycles. The maximum atomic E-state index is 6.01. The summed E-state index contributed by atoms with van der Waals surface area (Å²) >= 11 is 1.78. The highest BCUT2D eigenvalue weighted by molar-refractivity contribution is 7.09. The van der Waals surface area contributed by atoms with E-state index in [2.05, 4.69) is 41.6 Å². The summed E-state index contributed by atoms with van der Waals surface area (Å²) in [5, 5.41) is 2.11. The first kappa shape index (κ1) is 16.0. The fourth-order valence-electron chi connectivity index (χ4n) is 2.40. The molecule has 2 aromatic rings. The molecule has 114 valence electrons. The van der Waals surface area contributed by atoms with Crippen LogP contribution in [0, 0.1) is 0 Å². The molecule has 1 heterocycles. The molecule has 2 rings (SSSR count). The molecule has 0 radical (unpaired) electrons. The lowest BCUT2D eigenvalue weighted by atomic mass is 10.1. The van der Waals surface area contributed by atoms with Crippen LogP contribution >= 0.6 is 11.3 Å². The summed E-state index contributed by atoms with van der Waals surface area (Å²) < 4.78 is 5.78. The van der Waals surface area contributed by atoms with Crippen LogP contribution in [0.2, 0.25) is 0 Å². The van der Waals surface area contributed by atoms with Crippen molar-refractivity contribution in [3.8, 4) is 5.75 Å². The van der Waals surface area contributed by atoms with Crippen molar-refractivity contribution in [2.45, 2.75) is 32.5 Å². The quantitative estimate of drug-likeness (QED) is 0.848. The highest BCUT2D eigenvalue weighted by Crippen LogP contribution is 2.25. The SMILES string of the molecule is CC(C)Oc1cccc(C(CN)N(C)Cc2cccs2)c1. The monoisotopic (exact) mass is 304 g/mol. The Bertz CT molecular complexity index is 539. The summed E-state index contributed by atoms with van der Waals surface area (Å²) in [5.41, 5.74) is 7.21. The molecular formula is C17H24N2OS. The van der Waals surface area contributed by atoms with Gasteiger partial charge in [0.15, 0.2) is 0 Å². The lowest BCUT2D eigenvalue weighted by Gasteiger charge is -2.27. The number of ether oxygens (including phenoxy) is 1. The van der Waals surface area contributed by atoms with E-state index in [1.807, 2.05) is 26.0 Å². The Balaban J connectivity index is 2.12. The van der Waals surface area contributed by atoms with Crippen LogP contribution in [0.1, 0.15) is 30.3 Å².